The van der Waals surface area contributed by atoms with Crippen molar-refractivity contribution in [1.29, 1.82) is 0 Å². The number of halogens is 5. The van der Waals surface area contributed by atoms with Crippen molar-refractivity contribution in [3.8, 4) is 0 Å². The summed E-state index contributed by atoms with van der Waals surface area (Å²) in [5.74, 6) is 0. The molecule has 1 aromatic rings. The molecule has 0 bridgehead atoms. The second-order valence-electron chi connectivity index (χ2n) is 3.11. The van der Waals surface area contributed by atoms with Gasteiger partial charge in [0, 0.05) is 16.7 Å². The Labute approximate surface area is 92.0 Å². The van der Waals surface area contributed by atoms with Crippen LogP contribution < -0.4 is 0 Å². The van der Waals surface area contributed by atoms with E-state index in [1.54, 1.807) is 0 Å². The molecule has 7 heteroatoms. The van der Waals surface area contributed by atoms with Crippen LogP contribution in [0.4, 0.5) is 22.0 Å². The molecule has 0 aliphatic heterocycles. The van der Waals surface area contributed by atoms with Crippen LogP contribution in [0, 0.1) is 0 Å². The Morgan fingerprint density at radius 1 is 1.06 bits per heavy atom. The molecule has 1 rings (SSSR count). The lowest BCUT2D eigenvalue weighted by molar-refractivity contribution is -0.139. The molecule has 0 saturated carbocycles. The Morgan fingerprint density at radius 2 is 1.65 bits per heavy atom. The highest BCUT2D eigenvalue weighted by molar-refractivity contribution is 5.84. The molecule has 0 radical (unpaired) electrons. The van der Waals surface area contributed by atoms with Crippen LogP contribution in [-0.2, 0) is 6.18 Å². The van der Waals surface area contributed by atoms with Gasteiger partial charge in [0.2, 0.25) is 0 Å². The van der Waals surface area contributed by atoms with Gasteiger partial charge in [0.05, 0.1) is 5.56 Å². The lowest BCUT2D eigenvalue weighted by atomic mass is 9.98. The largest absolute Gasteiger partial charge is 0.416 e. The highest BCUT2D eigenvalue weighted by Crippen LogP contribution is 2.38. The quantitative estimate of drug-likeness (QED) is 0.611. The van der Waals surface area contributed by atoms with Crippen LogP contribution in [0.15, 0.2) is 12.1 Å². The van der Waals surface area contributed by atoms with E-state index in [4.69, 9.17) is 0 Å². The summed E-state index contributed by atoms with van der Waals surface area (Å²) < 4.78 is 62.4. The predicted molar refractivity (Wildman–Crippen MR) is 47.2 cm³/mol. The molecule has 0 atom stereocenters. The average molecular weight is 252 g/mol. The van der Waals surface area contributed by atoms with Crippen LogP contribution >= 0.6 is 0 Å². The fourth-order valence-electron chi connectivity index (χ4n) is 1.34. The minimum absolute atomic E-state index is 0.0531. The summed E-state index contributed by atoms with van der Waals surface area (Å²) in [4.78, 5) is 20.8. The van der Waals surface area contributed by atoms with Gasteiger partial charge in [-0.05, 0) is 12.1 Å². The first kappa shape index (κ1) is 13.3. The summed E-state index contributed by atoms with van der Waals surface area (Å²) in [6.07, 6.45) is -8.59. The van der Waals surface area contributed by atoms with Crippen LogP contribution in [0.1, 0.15) is 38.3 Å². The molecule has 0 aliphatic carbocycles. The van der Waals surface area contributed by atoms with Crippen molar-refractivity contribution >= 4 is 12.6 Å². The van der Waals surface area contributed by atoms with E-state index in [0.29, 0.717) is 12.1 Å². The highest BCUT2D eigenvalue weighted by atomic mass is 19.4. The molecule has 0 heterocycles. The first-order valence-corrected chi connectivity index (χ1v) is 4.25. The topological polar surface area (TPSA) is 34.1 Å². The first-order valence-electron chi connectivity index (χ1n) is 4.25. The minimum Gasteiger partial charge on any atom is -0.298 e. The molecular weight excluding hydrogens is 247 g/mol. The van der Waals surface area contributed by atoms with E-state index < -0.39 is 34.9 Å². The Bertz CT molecular complexity index is 451. The molecule has 0 unspecified atom stereocenters. The van der Waals surface area contributed by atoms with Gasteiger partial charge in [-0.1, -0.05) is 0 Å². The lowest BCUT2D eigenvalue weighted by Gasteiger charge is -2.14. The van der Waals surface area contributed by atoms with Gasteiger partial charge in [-0.2, -0.15) is 13.2 Å². The molecule has 0 spiro atoms. The van der Waals surface area contributed by atoms with Crippen LogP contribution in [-0.4, -0.2) is 12.6 Å². The van der Waals surface area contributed by atoms with E-state index in [2.05, 4.69) is 0 Å². The molecule has 17 heavy (non-hydrogen) atoms. The molecule has 0 aromatic heterocycles. The van der Waals surface area contributed by atoms with Crippen LogP contribution in [0.3, 0.4) is 0 Å². The van der Waals surface area contributed by atoms with E-state index in [1.165, 1.54) is 0 Å². The maximum absolute atomic E-state index is 12.5. The number of hydrogen-bond acceptors (Lipinski definition) is 2. The maximum atomic E-state index is 12.5. The summed E-state index contributed by atoms with van der Waals surface area (Å²) in [5.41, 5.74) is -4.39. The zero-order chi connectivity index (χ0) is 13.2. The second kappa shape index (κ2) is 4.60. The highest BCUT2D eigenvalue weighted by Gasteiger charge is 2.37. The second-order valence-corrected chi connectivity index (χ2v) is 3.11. The van der Waals surface area contributed by atoms with Gasteiger partial charge in [0.1, 0.15) is 6.29 Å². The van der Waals surface area contributed by atoms with Gasteiger partial charge in [0.15, 0.2) is 6.29 Å². The van der Waals surface area contributed by atoms with Crippen LogP contribution in [0.25, 0.3) is 0 Å². The molecule has 2 nitrogen and oxygen atoms in total. The summed E-state index contributed by atoms with van der Waals surface area (Å²) in [7, 11) is 0. The molecule has 0 saturated heterocycles. The third-order valence-corrected chi connectivity index (χ3v) is 2.02. The van der Waals surface area contributed by atoms with E-state index in [1.807, 2.05) is 0 Å². The zero-order valence-electron chi connectivity index (χ0n) is 8.09. The number of aldehydes is 2. The van der Waals surface area contributed by atoms with E-state index >= 15 is 0 Å². The van der Waals surface area contributed by atoms with Crippen molar-refractivity contribution in [2.45, 2.75) is 12.6 Å². The summed E-state index contributed by atoms with van der Waals surface area (Å²) >= 11 is 0. The average Bonchev–Trinajstić information content (AvgIpc) is 2.25. The molecule has 1 aromatic carbocycles. The Balaban J connectivity index is 3.64. The summed E-state index contributed by atoms with van der Waals surface area (Å²) in [6.45, 7) is 0. The fraction of sp³-hybridized carbons (Fsp3) is 0.200. The number of hydrogen-bond donors (Lipinski definition) is 0. The first-order chi connectivity index (χ1) is 7.81. The molecule has 0 aliphatic rings. The summed E-state index contributed by atoms with van der Waals surface area (Å²) in [6, 6.07) is 0.984. The SMILES string of the molecule is O=Cc1cc(C=O)c(C(F)F)c(C(F)(F)F)c1. The van der Waals surface area contributed by atoms with Gasteiger partial charge in [-0.15, -0.1) is 0 Å². The third kappa shape index (κ3) is 2.66. The molecule has 0 fully saturated rings. The fourth-order valence-corrected chi connectivity index (χ4v) is 1.34. The van der Waals surface area contributed by atoms with Crippen molar-refractivity contribution in [3.63, 3.8) is 0 Å². The lowest BCUT2D eigenvalue weighted by Crippen LogP contribution is -2.13. The molecule has 0 N–H and O–H groups in total. The van der Waals surface area contributed by atoms with Crippen LogP contribution in [0.2, 0.25) is 0 Å². The van der Waals surface area contributed by atoms with Crippen molar-refractivity contribution < 1.29 is 31.5 Å². The Kier molecular flexibility index (Phi) is 3.59. The van der Waals surface area contributed by atoms with E-state index in [0.717, 1.165) is 0 Å². The smallest absolute Gasteiger partial charge is 0.298 e. The molecule has 0 amide bonds. The zero-order valence-corrected chi connectivity index (χ0v) is 8.09. The molecular formula is C10H5F5O2. The number of carbonyl (C=O) groups is 2. The van der Waals surface area contributed by atoms with Crippen molar-refractivity contribution in [1.82, 2.24) is 0 Å². The minimum atomic E-state index is -5.05. The van der Waals surface area contributed by atoms with Gasteiger partial charge < -0.3 is 0 Å². The predicted octanol–water partition coefficient (Wildman–Crippen LogP) is 3.27. The van der Waals surface area contributed by atoms with Gasteiger partial charge in [-0.3, -0.25) is 9.59 Å². The van der Waals surface area contributed by atoms with Crippen molar-refractivity contribution in [2.75, 3.05) is 0 Å². The van der Waals surface area contributed by atoms with Crippen molar-refractivity contribution in [3.05, 3.63) is 34.4 Å². The third-order valence-electron chi connectivity index (χ3n) is 2.02. The maximum Gasteiger partial charge on any atom is 0.416 e. The van der Waals surface area contributed by atoms with E-state index in [9.17, 15) is 31.5 Å². The Morgan fingerprint density at radius 3 is 2.00 bits per heavy atom. The van der Waals surface area contributed by atoms with Gasteiger partial charge >= 0.3 is 6.18 Å². The van der Waals surface area contributed by atoms with E-state index in [-0.39, 0.29) is 12.6 Å². The molecule has 92 valence electrons. The number of rotatable bonds is 3. The standard InChI is InChI=1S/C10H5F5O2/c11-9(12)8-6(4-17)1-5(3-16)2-7(8)10(13,14)15/h1-4,9H. The monoisotopic (exact) mass is 252 g/mol. The number of alkyl halides is 5. The summed E-state index contributed by atoms with van der Waals surface area (Å²) in [5, 5.41) is 0. The van der Waals surface area contributed by atoms with Gasteiger partial charge in [0.25, 0.3) is 6.43 Å². The normalized spacial score (nSPS) is 11.6. The number of carbonyl (C=O) groups excluding carboxylic acids is 2. The van der Waals surface area contributed by atoms with Gasteiger partial charge in [-0.25, -0.2) is 8.78 Å². The van der Waals surface area contributed by atoms with Crippen LogP contribution in [0.5, 0.6) is 0 Å². The number of benzene rings is 1. The Hall–Kier alpha value is -1.79. The van der Waals surface area contributed by atoms with Crippen molar-refractivity contribution in [2.24, 2.45) is 0 Å².